The molecule has 1 atom stereocenters. The van der Waals surface area contributed by atoms with Crippen LogP contribution in [0.15, 0.2) is 18.2 Å². The molecule has 0 radical (unpaired) electrons. The quantitative estimate of drug-likeness (QED) is 0.818. The van der Waals surface area contributed by atoms with Crippen molar-refractivity contribution in [3.05, 3.63) is 34.9 Å². The summed E-state index contributed by atoms with van der Waals surface area (Å²) in [6.45, 7) is 8.24. The van der Waals surface area contributed by atoms with Crippen molar-refractivity contribution in [1.29, 1.82) is 5.26 Å². The second-order valence-electron chi connectivity index (χ2n) is 4.17. The van der Waals surface area contributed by atoms with Gasteiger partial charge in [0, 0.05) is 6.04 Å². The second kappa shape index (κ2) is 4.95. The molecule has 0 fully saturated rings. The van der Waals surface area contributed by atoms with Crippen LogP contribution >= 0.6 is 0 Å². The molecule has 1 rings (SSSR count). The molecule has 1 aromatic carbocycles. The molecular weight excluding hydrogens is 184 g/mol. The van der Waals surface area contributed by atoms with Crippen molar-refractivity contribution >= 4 is 0 Å². The summed E-state index contributed by atoms with van der Waals surface area (Å²) in [5.74, 6) is 0. The lowest BCUT2D eigenvalue weighted by molar-refractivity contribution is 0.544. The zero-order valence-corrected chi connectivity index (χ0v) is 9.83. The standard InChI is InChI=1S/C13H18N2/c1-9(2)15-13(8-14)12-7-5-6-10(3)11(12)4/h5-7,9,13,15H,1-4H3. The van der Waals surface area contributed by atoms with Crippen LogP contribution in [0, 0.1) is 25.2 Å². The number of rotatable bonds is 3. The molecule has 15 heavy (non-hydrogen) atoms. The van der Waals surface area contributed by atoms with Crippen molar-refractivity contribution in [2.45, 2.75) is 39.8 Å². The average molecular weight is 202 g/mol. The molecule has 0 spiro atoms. The molecule has 2 nitrogen and oxygen atoms in total. The zero-order chi connectivity index (χ0) is 11.4. The summed E-state index contributed by atoms with van der Waals surface area (Å²) in [6, 6.07) is 8.51. The smallest absolute Gasteiger partial charge is 0.121 e. The Hall–Kier alpha value is -1.33. The SMILES string of the molecule is Cc1cccc(C(C#N)NC(C)C)c1C. The topological polar surface area (TPSA) is 35.8 Å². The Morgan fingerprint density at radius 3 is 2.47 bits per heavy atom. The highest BCUT2D eigenvalue weighted by Crippen LogP contribution is 2.20. The van der Waals surface area contributed by atoms with Crippen molar-refractivity contribution in [1.82, 2.24) is 5.32 Å². The van der Waals surface area contributed by atoms with Crippen LogP contribution in [-0.2, 0) is 0 Å². The molecule has 0 aliphatic carbocycles. The first kappa shape index (κ1) is 11.7. The fourth-order valence-corrected chi connectivity index (χ4v) is 1.62. The molecule has 1 N–H and O–H groups in total. The minimum Gasteiger partial charge on any atom is -0.296 e. The summed E-state index contributed by atoms with van der Waals surface area (Å²) >= 11 is 0. The lowest BCUT2D eigenvalue weighted by Crippen LogP contribution is -2.27. The van der Waals surface area contributed by atoms with E-state index in [2.05, 4.69) is 45.1 Å². The number of aryl methyl sites for hydroxylation is 1. The van der Waals surface area contributed by atoms with Crippen LogP contribution in [-0.4, -0.2) is 6.04 Å². The number of nitriles is 1. The first-order valence-corrected chi connectivity index (χ1v) is 5.28. The molecule has 0 aromatic heterocycles. The van der Waals surface area contributed by atoms with E-state index in [0.29, 0.717) is 6.04 Å². The molecule has 0 bridgehead atoms. The summed E-state index contributed by atoms with van der Waals surface area (Å²) in [6.07, 6.45) is 0. The van der Waals surface area contributed by atoms with Gasteiger partial charge in [-0.15, -0.1) is 0 Å². The average Bonchev–Trinajstić information content (AvgIpc) is 2.19. The van der Waals surface area contributed by atoms with E-state index >= 15 is 0 Å². The third-order valence-corrected chi connectivity index (χ3v) is 2.59. The van der Waals surface area contributed by atoms with Crippen molar-refractivity contribution in [3.8, 4) is 6.07 Å². The van der Waals surface area contributed by atoms with Gasteiger partial charge in [0.15, 0.2) is 0 Å². The predicted octanol–water partition coefficient (Wildman–Crippen LogP) is 2.87. The van der Waals surface area contributed by atoms with E-state index < -0.39 is 0 Å². The van der Waals surface area contributed by atoms with Crippen LogP contribution in [0.25, 0.3) is 0 Å². The van der Waals surface area contributed by atoms with Gasteiger partial charge >= 0.3 is 0 Å². The molecule has 0 aliphatic heterocycles. The molecule has 0 aliphatic rings. The van der Waals surface area contributed by atoms with Crippen molar-refractivity contribution < 1.29 is 0 Å². The van der Waals surface area contributed by atoms with Gasteiger partial charge in [-0.05, 0) is 44.4 Å². The Bertz CT molecular complexity index is 375. The Kier molecular flexibility index (Phi) is 3.88. The molecule has 2 heteroatoms. The van der Waals surface area contributed by atoms with Crippen LogP contribution in [0.4, 0.5) is 0 Å². The first-order chi connectivity index (χ1) is 7.06. The summed E-state index contributed by atoms with van der Waals surface area (Å²) in [7, 11) is 0. The highest BCUT2D eigenvalue weighted by Gasteiger charge is 2.14. The fraction of sp³-hybridized carbons (Fsp3) is 0.462. The van der Waals surface area contributed by atoms with E-state index in [-0.39, 0.29) is 6.04 Å². The van der Waals surface area contributed by atoms with Gasteiger partial charge in [0.1, 0.15) is 6.04 Å². The van der Waals surface area contributed by atoms with Gasteiger partial charge in [0.25, 0.3) is 0 Å². The largest absolute Gasteiger partial charge is 0.296 e. The third kappa shape index (κ3) is 2.81. The third-order valence-electron chi connectivity index (χ3n) is 2.59. The normalized spacial score (nSPS) is 12.5. The highest BCUT2D eigenvalue weighted by atomic mass is 14.9. The van der Waals surface area contributed by atoms with Crippen LogP contribution in [0.5, 0.6) is 0 Å². The minimum absolute atomic E-state index is 0.204. The fourth-order valence-electron chi connectivity index (χ4n) is 1.62. The van der Waals surface area contributed by atoms with Crippen molar-refractivity contribution in [2.75, 3.05) is 0 Å². The molecule has 1 aromatic rings. The molecule has 1 unspecified atom stereocenters. The molecule has 80 valence electrons. The predicted molar refractivity (Wildman–Crippen MR) is 62.5 cm³/mol. The summed E-state index contributed by atoms with van der Waals surface area (Å²) in [5.41, 5.74) is 3.53. The van der Waals surface area contributed by atoms with E-state index in [9.17, 15) is 0 Å². The molecule has 0 heterocycles. The first-order valence-electron chi connectivity index (χ1n) is 5.28. The van der Waals surface area contributed by atoms with Gasteiger partial charge in [-0.3, -0.25) is 5.32 Å². The van der Waals surface area contributed by atoms with Crippen LogP contribution < -0.4 is 5.32 Å². The van der Waals surface area contributed by atoms with Crippen LogP contribution in [0.1, 0.15) is 36.6 Å². The number of nitrogens with zero attached hydrogens (tertiary/aromatic N) is 1. The van der Waals surface area contributed by atoms with E-state index in [1.54, 1.807) is 0 Å². The Balaban J connectivity index is 3.03. The van der Waals surface area contributed by atoms with E-state index in [1.807, 2.05) is 12.1 Å². The second-order valence-corrected chi connectivity index (χ2v) is 4.17. The maximum atomic E-state index is 9.13. The summed E-state index contributed by atoms with van der Waals surface area (Å²) in [5, 5.41) is 12.4. The molecule has 0 saturated carbocycles. The zero-order valence-electron chi connectivity index (χ0n) is 9.83. The van der Waals surface area contributed by atoms with Crippen molar-refractivity contribution in [3.63, 3.8) is 0 Å². The molecule has 0 amide bonds. The van der Waals surface area contributed by atoms with Crippen molar-refractivity contribution in [2.24, 2.45) is 0 Å². The number of hydrogen-bond acceptors (Lipinski definition) is 2. The number of benzene rings is 1. The highest BCUT2D eigenvalue weighted by molar-refractivity contribution is 5.37. The van der Waals surface area contributed by atoms with E-state index in [1.165, 1.54) is 11.1 Å². The number of nitrogens with one attached hydrogen (secondary N) is 1. The minimum atomic E-state index is -0.204. The summed E-state index contributed by atoms with van der Waals surface area (Å²) in [4.78, 5) is 0. The van der Waals surface area contributed by atoms with Gasteiger partial charge < -0.3 is 0 Å². The van der Waals surface area contributed by atoms with E-state index in [0.717, 1.165) is 5.56 Å². The Labute approximate surface area is 91.9 Å². The van der Waals surface area contributed by atoms with Gasteiger partial charge in [0.2, 0.25) is 0 Å². The Morgan fingerprint density at radius 1 is 1.27 bits per heavy atom. The van der Waals surface area contributed by atoms with Crippen LogP contribution in [0.3, 0.4) is 0 Å². The van der Waals surface area contributed by atoms with Gasteiger partial charge in [-0.1, -0.05) is 18.2 Å². The summed E-state index contributed by atoms with van der Waals surface area (Å²) < 4.78 is 0. The number of hydrogen-bond donors (Lipinski definition) is 1. The van der Waals surface area contributed by atoms with Gasteiger partial charge in [0.05, 0.1) is 6.07 Å². The van der Waals surface area contributed by atoms with Gasteiger partial charge in [-0.2, -0.15) is 5.26 Å². The lowest BCUT2D eigenvalue weighted by Gasteiger charge is -2.17. The van der Waals surface area contributed by atoms with E-state index in [4.69, 9.17) is 5.26 Å². The maximum absolute atomic E-state index is 9.13. The maximum Gasteiger partial charge on any atom is 0.121 e. The molecular formula is C13H18N2. The lowest BCUT2D eigenvalue weighted by atomic mass is 9.98. The Morgan fingerprint density at radius 2 is 1.93 bits per heavy atom. The van der Waals surface area contributed by atoms with Gasteiger partial charge in [-0.25, -0.2) is 0 Å². The van der Waals surface area contributed by atoms with Crippen LogP contribution in [0.2, 0.25) is 0 Å². The molecule has 0 saturated heterocycles. The monoisotopic (exact) mass is 202 g/mol.